The summed E-state index contributed by atoms with van der Waals surface area (Å²) in [7, 11) is 0. The molecule has 0 aliphatic carbocycles. The van der Waals surface area contributed by atoms with Gasteiger partial charge in [0.15, 0.2) is 0 Å². The highest BCUT2D eigenvalue weighted by Gasteiger charge is 2.11. The van der Waals surface area contributed by atoms with E-state index < -0.39 is 0 Å². The van der Waals surface area contributed by atoms with E-state index in [0.29, 0.717) is 5.56 Å². The minimum atomic E-state index is -0.119. The van der Waals surface area contributed by atoms with E-state index in [1.807, 2.05) is 45.0 Å². The van der Waals surface area contributed by atoms with Crippen molar-refractivity contribution in [2.24, 2.45) is 0 Å². The summed E-state index contributed by atoms with van der Waals surface area (Å²) in [4.78, 5) is 16.5. The molecule has 4 heteroatoms. The maximum atomic E-state index is 12.4. The van der Waals surface area contributed by atoms with Gasteiger partial charge in [0.2, 0.25) is 0 Å². The van der Waals surface area contributed by atoms with Gasteiger partial charge < -0.3 is 10.6 Å². The molecule has 0 aliphatic heterocycles. The van der Waals surface area contributed by atoms with Crippen LogP contribution in [0.5, 0.6) is 0 Å². The molecular weight excluding hydrogens is 250 g/mol. The molecule has 2 aromatic rings. The molecule has 2 N–H and O–H groups in total. The Bertz CT molecular complexity index is 623. The lowest BCUT2D eigenvalue weighted by Crippen LogP contribution is -2.15. The molecule has 1 aromatic heterocycles. The zero-order chi connectivity index (χ0) is 14.5. The molecule has 0 radical (unpaired) electrons. The van der Waals surface area contributed by atoms with Crippen molar-refractivity contribution >= 4 is 17.3 Å². The van der Waals surface area contributed by atoms with E-state index in [1.54, 1.807) is 12.3 Å². The highest BCUT2D eigenvalue weighted by Crippen LogP contribution is 2.19. The highest BCUT2D eigenvalue weighted by molar-refractivity contribution is 6.08. The topological polar surface area (TPSA) is 54.0 Å². The van der Waals surface area contributed by atoms with Crippen LogP contribution in [0.3, 0.4) is 0 Å². The number of anilines is 2. The zero-order valence-corrected chi connectivity index (χ0v) is 12.0. The van der Waals surface area contributed by atoms with Crippen molar-refractivity contribution in [3.05, 3.63) is 53.3 Å². The molecule has 20 heavy (non-hydrogen) atoms. The van der Waals surface area contributed by atoms with Gasteiger partial charge in [-0.3, -0.25) is 9.78 Å². The summed E-state index contributed by atoms with van der Waals surface area (Å²) in [6, 6.07) is 9.39. The van der Waals surface area contributed by atoms with Gasteiger partial charge in [0, 0.05) is 29.8 Å². The van der Waals surface area contributed by atoms with E-state index in [9.17, 15) is 4.79 Å². The maximum Gasteiger partial charge on any atom is 0.257 e. The van der Waals surface area contributed by atoms with Crippen molar-refractivity contribution in [3.63, 3.8) is 0 Å². The molecular formula is C16H19N3O. The Balaban J connectivity index is 2.24. The van der Waals surface area contributed by atoms with Gasteiger partial charge in [0.05, 0.1) is 5.56 Å². The smallest absolute Gasteiger partial charge is 0.257 e. The Hall–Kier alpha value is -2.36. The molecule has 0 unspecified atom stereocenters. The Kier molecular flexibility index (Phi) is 4.35. The molecule has 104 valence electrons. The van der Waals surface area contributed by atoms with Crippen molar-refractivity contribution in [2.45, 2.75) is 20.8 Å². The number of pyridine rings is 1. The number of aryl methyl sites for hydroxylation is 2. The van der Waals surface area contributed by atoms with Crippen LogP contribution >= 0.6 is 0 Å². The average Bonchev–Trinajstić information content (AvgIpc) is 2.39. The second-order valence-electron chi connectivity index (χ2n) is 4.72. The third-order valence-electron chi connectivity index (χ3n) is 2.94. The van der Waals surface area contributed by atoms with Gasteiger partial charge in [0.25, 0.3) is 5.91 Å². The van der Waals surface area contributed by atoms with Gasteiger partial charge in [0.1, 0.15) is 0 Å². The van der Waals surface area contributed by atoms with Crippen LogP contribution in [-0.2, 0) is 0 Å². The Morgan fingerprint density at radius 2 is 2.00 bits per heavy atom. The van der Waals surface area contributed by atoms with E-state index >= 15 is 0 Å². The molecule has 0 saturated carbocycles. The third-order valence-corrected chi connectivity index (χ3v) is 2.94. The summed E-state index contributed by atoms with van der Waals surface area (Å²) in [5, 5.41) is 6.12. The van der Waals surface area contributed by atoms with E-state index in [0.717, 1.165) is 29.2 Å². The minimum absolute atomic E-state index is 0.119. The number of nitrogens with zero attached hydrogens (tertiary/aromatic N) is 1. The molecule has 1 aromatic carbocycles. The van der Waals surface area contributed by atoms with Crippen LogP contribution < -0.4 is 10.6 Å². The van der Waals surface area contributed by atoms with Crippen LogP contribution in [0.15, 0.2) is 36.5 Å². The maximum absolute atomic E-state index is 12.4. The first-order valence-corrected chi connectivity index (χ1v) is 6.68. The molecule has 1 heterocycles. The summed E-state index contributed by atoms with van der Waals surface area (Å²) in [6.45, 7) is 6.69. The number of amides is 1. The van der Waals surface area contributed by atoms with Gasteiger partial charge in [-0.25, -0.2) is 0 Å². The monoisotopic (exact) mass is 269 g/mol. The molecule has 0 saturated heterocycles. The van der Waals surface area contributed by atoms with Crippen LogP contribution in [0.4, 0.5) is 11.4 Å². The number of hydrogen-bond acceptors (Lipinski definition) is 3. The van der Waals surface area contributed by atoms with Crippen LogP contribution in [0, 0.1) is 13.8 Å². The normalized spacial score (nSPS) is 10.2. The van der Waals surface area contributed by atoms with Crippen molar-refractivity contribution < 1.29 is 4.79 Å². The number of aromatic nitrogens is 1. The van der Waals surface area contributed by atoms with E-state index in [1.165, 1.54) is 0 Å². The molecule has 0 atom stereocenters. The standard InChI is InChI=1S/C16H19N3O/c1-4-17-15-9-11(2)5-6-14(15)16(20)19-13-7-8-18-12(3)10-13/h5-10,17H,4H2,1-3H3,(H,18,19,20). The van der Waals surface area contributed by atoms with Crippen LogP contribution in [0.1, 0.15) is 28.5 Å². The number of carbonyl (C=O) groups excluding carboxylic acids is 1. The Morgan fingerprint density at radius 3 is 2.70 bits per heavy atom. The van der Waals surface area contributed by atoms with Crippen LogP contribution in [-0.4, -0.2) is 17.4 Å². The van der Waals surface area contributed by atoms with Crippen molar-refractivity contribution in [1.29, 1.82) is 0 Å². The number of carbonyl (C=O) groups is 1. The van der Waals surface area contributed by atoms with Gasteiger partial charge in [-0.1, -0.05) is 6.07 Å². The third kappa shape index (κ3) is 3.35. The number of rotatable bonds is 4. The fraction of sp³-hybridized carbons (Fsp3) is 0.250. The fourth-order valence-electron chi connectivity index (χ4n) is 2.01. The predicted octanol–water partition coefficient (Wildman–Crippen LogP) is 3.38. The van der Waals surface area contributed by atoms with Crippen LogP contribution in [0.2, 0.25) is 0 Å². The van der Waals surface area contributed by atoms with Crippen molar-refractivity contribution in [1.82, 2.24) is 4.98 Å². The quantitative estimate of drug-likeness (QED) is 0.894. The fourth-order valence-corrected chi connectivity index (χ4v) is 2.01. The number of nitrogens with one attached hydrogen (secondary N) is 2. The largest absolute Gasteiger partial charge is 0.385 e. The Morgan fingerprint density at radius 1 is 1.20 bits per heavy atom. The molecule has 0 fully saturated rings. The van der Waals surface area contributed by atoms with Gasteiger partial charge >= 0.3 is 0 Å². The van der Waals surface area contributed by atoms with E-state index in [-0.39, 0.29) is 5.91 Å². The van der Waals surface area contributed by atoms with Gasteiger partial charge in [-0.05, 0) is 50.6 Å². The lowest BCUT2D eigenvalue weighted by Gasteiger charge is -2.12. The summed E-state index contributed by atoms with van der Waals surface area (Å²) < 4.78 is 0. The summed E-state index contributed by atoms with van der Waals surface area (Å²) in [5.74, 6) is -0.119. The molecule has 4 nitrogen and oxygen atoms in total. The molecule has 0 spiro atoms. The first-order chi connectivity index (χ1) is 9.60. The Labute approximate surface area is 119 Å². The predicted molar refractivity (Wildman–Crippen MR) is 82.3 cm³/mol. The molecule has 2 rings (SSSR count). The summed E-state index contributed by atoms with van der Waals surface area (Å²) in [5.41, 5.74) is 4.25. The minimum Gasteiger partial charge on any atom is -0.385 e. The second kappa shape index (κ2) is 6.19. The molecule has 1 amide bonds. The first kappa shape index (κ1) is 14.1. The van der Waals surface area contributed by atoms with Gasteiger partial charge in [-0.2, -0.15) is 0 Å². The average molecular weight is 269 g/mol. The SMILES string of the molecule is CCNc1cc(C)ccc1C(=O)Nc1ccnc(C)c1. The van der Waals surface area contributed by atoms with E-state index in [4.69, 9.17) is 0 Å². The number of hydrogen-bond donors (Lipinski definition) is 2. The highest BCUT2D eigenvalue weighted by atomic mass is 16.1. The van der Waals surface area contributed by atoms with Crippen LogP contribution in [0.25, 0.3) is 0 Å². The summed E-state index contributed by atoms with van der Waals surface area (Å²) >= 11 is 0. The van der Waals surface area contributed by atoms with E-state index in [2.05, 4.69) is 15.6 Å². The van der Waals surface area contributed by atoms with Crippen molar-refractivity contribution in [3.8, 4) is 0 Å². The van der Waals surface area contributed by atoms with Crippen molar-refractivity contribution in [2.75, 3.05) is 17.2 Å². The molecule has 0 bridgehead atoms. The first-order valence-electron chi connectivity index (χ1n) is 6.68. The van der Waals surface area contributed by atoms with Gasteiger partial charge in [-0.15, -0.1) is 0 Å². The second-order valence-corrected chi connectivity index (χ2v) is 4.72. The molecule has 0 aliphatic rings. The lowest BCUT2D eigenvalue weighted by molar-refractivity contribution is 0.102. The summed E-state index contributed by atoms with van der Waals surface area (Å²) in [6.07, 6.45) is 1.69. The zero-order valence-electron chi connectivity index (χ0n) is 12.0. The lowest BCUT2D eigenvalue weighted by atomic mass is 10.1. The number of benzene rings is 1.